The van der Waals surface area contributed by atoms with Gasteiger partial charge in [0.25, 0.3) is 0 Å². The van der Waals surface area contributed by atoms with Crippen molar-refractivity contribution < 1.29 is 13.5 Å². The second-order valence-corrected chi connectivity index (χ2v) is 3.36. The van der Waals surface area contributed by atoms with Crippen LogP contribution < -0.4 is 4.74 Å². The number of halogens is 2. The molecule has 1 aromatic carbocycles. The number of nitrogens with one attached hydrogen (secondary N) is 1. The van der Waals surface area contributed by atoms with Crippen LogP contribution in [0.25, 0.3) is 10.9 Å². The van der Waals surface area contributed by atoms with Crippen molar-refractivity contribution in [2.75, 3.05) is 0 Å². The molecule has 0 radical (unpaired) electrons. The molecule has 0 unspecified atom stereocenters. The first-order chi connectivity index (χ1) is 9.09. The Bertz CT molecular complexity index is 495. The van der Waals surface area contributed by atoms with Crippen molar-refractivity contribution in [3.63, 3.8) is 0 Å². The lowest BCUT2D eigenvalue weighted by molar-refractivity contribution is -0.0506. The molecule has 2 rings (SSSR count). The molecule has 0 aliphatic rings. The number of fused-ring (bicyclic) bond motifs is 1. The molecule has 0 saturated heterocycles. The molecule has 0 aliphatic carbocycles. The summed E-state index contributed by atoms with van der Waals surface area (Å²) in [5.74, 6) is 0.235. The van der Waals surface area contributed by atoms with Crippen molar-refractivity contribution in [1.82, 2.24) is 10.2 Å². The first-order valence-corrected chi connectivity index (χ1v) is 6.47. The predicted molar refractivity (Wildman–Crippen MR) is 74.9 cm³/mol. The number of ether oxygens (including phenoxy) is 1. The van der Waals surface area contributed by atoms with Gasteiger partial charge in [-0.15, -0.1) is 0 Å². The van der Waals surface area contributed by atoms with Crippen LogP contribution in [0.3, 0.4) is 0 Å². The van der Waals surface area contributed by atoms with Gasteiger partial charge in [0.2, 0.25) is 0 Å². The highest BCUT2D eigenvalue weighted by atomic mass is 19.3. The number of benzene rings is 1. The number of aromatic nitrogens is 2. The monoisotopic (exact) mass is 272 g/mol. The SMILES string of the molecule is CC.CC.Cc1cc2[nH]ncc2c(C)c1OC(F)F. The highest BCUT2D eigenvalue weighted by molar-refractivity contribution is 5.85. The topological polar surface area (TPSA) is 37.9 Å². The van der Waals surface area contributed by atoms with E-state index in [1.807, 2.05) is 27.7 Å². The van der Waals surface area contributed by atoms with Crippen molar-refractivity contribution in [3.05, 3.63) is 23.4 Å². The molecule has 0 bridgehead atoms. The van der Waals surface area contributed by atoms with E-state index in [-0.39, 0.29) is 5.75 Å². The lowest BCUT2D eigenvalue weighted by Crippen LogP contribution is -2.05. The summed E-state index contributed by atoms with van der Waals surface area (Å²) >= 11 is 0. The van der Waals surface area contributed by atoms with Crippen LogP contribution in [0.15, 0.2) is 12.3 Å². The number of aryl methyl sites for hydroxylation is 2. The van der Waals surface area contributed by atoms with E-state index in [0.29, 0.717) is 11.1 Å². The zero-order valence-electron chi connectivity index (χ0n) is 12.3. The third-order valence-electron chi connectivity index (χ3n) is 2.34. The first-order valence-electron chi connectivity index (χ1n) is 6.47. The lowest BCUT2D eigenvalue weighted by atomic mass is 10.1. The van der Waals surface area contributed by atoms with E-state index in [1.54, 1.807) is 26.1 Å². The van der Waals surface area contributed by atoms with Crippen LogP contribution in [0.2, 0.25) is 0 Å². The second kappa shape index (κ2) is 8.45. The van der Waals surface area contributed by atoms with Crippen LogP contribution in [0, 0.1) is 13.8 Å². The van der Waals surface area contributed by atoms with Gasteiger partial charge in [0.15, 0.2) is 0 Å². The van der Waals surface area contributed by atoms with Crippen molar-refractivity contribution in [1.29, 1.82) is 0 Å². The number of H-pyrrole nitrogens is 1. The molecule has 0 fully saturated rings. The summed E-state index contributed by atoms with van der Waals surface area (Å²) in [6.45, 7) is 8.67. The Hall–Kier alpha value is -1.65. The third-order valence-corrected chi connectivity index (χ3v) is 2.34. The molecular weight excluding hydrogens is 250 g/mol. The quantitative estimate of drug-likeness (QED) is 0.850. The molecule has 0 atom stereocenters. The van der Waals surface area contributed by atoms with Crippen LogP contribution in [-0.4, -0.2) is 16.8 Å². The first kappa shape index (κ1) is 17.4. The maximum atomic E-state index is 12.2. The molecule has 1 aromatic heterocycles. The van der Waals surface area contributed by atoms with Gasteiger partial charge in [-0.2, -0.15) is 13.9 Å². The van der Waals surface area contributed by atoms with Crippen LogP contribution in [0.4, 0.5) is 8.78 Å². The van der Waals surface area contributed by atoms with Crippen LogP contribution in [-0.2, 0) is 0 Å². The number of rotatable bonds is 2. The fourth-order valence-electron chi connectivity index (χ4n) is 1.68. The molecule has 3 nitrogen and oxygen atoms in total. The van der Waals surface area contributed by atoms with Gasteiger partial charge in [0, 0.05) is 10.9 Å². The molecule has 2 aromatic rings. The Morgan fingerprint density at radius 3 is 2.26 bits per heavy atom. The molecular formula is C14H22F2N2O. The van der Waals surface area contributed by atoms with E-state index >= 15 is 0 Å². The summed E-state index contributed by atoms with van der Waals surface area (Å²) in [5, 5.41) is 7.45. The summed E-state index contributed by atoms with van der Waals surface area (Å²) in [7, 11) is 0. The summed E-state index contributed by atoms with van der Waals surface area (Å²) < 4.78 is 28.8. The Morgan fingerprint density at radius 1 is 1.16 bits per heavy atom. The Labute approximate surface area is 113 Å². The van der Waals surface area contributed by atoms with Gasteiger partial charge < -0.3 is 4.74 Å². The van der Waals surface area contributed by atoms with Gasteiger partial charge in [-0.3, -0.25) is 5.10 Å². The van der Waals surface area contributed by atoms with Gasteiger partial charge in [0.05, 0.1) is 11.7 Å². The van der Waals surface area contributed by atoms with E-state index in [2.05, 4.69) is 14.9 Å². The molecule has 108 valence electrons. The van der Waals surface area contributed by atoms with Crippen LogP contribution in [0.5, 0.6) is 5.75 Å². The second-order valence-electron chi connectivity index (χ2n) is 3.36. The molecule has 0 saturated carbocycles. The normalized spacial score (nSPS) is 9.53. The minimum Gasteiger partial charge on any atom is -0.434 e. The average Bonchev–Trinajstić information content (AvgIpc) is 2.87. The zero-order valence-corrected chi connectivity index (χ0v) is 12.3. The van der Waals surface area contributed by atoms with Crippen molar-refractivity contribution in [3.8, 4) is 5.75 Å². The summed E-state index contributed by atoms with van der Waals surface area (Å²) in [5.41, 5.74) is 2.18. The van der Waals surface area contributed by atoms with Crippen LogP contribution in [0.1, 0.15) is 38.8 Å². The van der Waals surface area contributed by atoms with E-state index < -0.39 is 6.61 Å². The Balaban J connectivity index is 0.000000741. The highest BCUT2D eigenvalue weighted by Crippen LogP contribution is 2.31. The maximum Gasteiger partial charge on any atom is 0.387 e. The Morgan fingerprint density at radius 2 is 1.74 bits per heavy atom. The fraction of sp³-hybridized carbons (Fsp3) is 0.500. The van der Waals surface area contributed by atoms with Gasteiger partial charge in [-0.25, -0.2) is 0 Å². The van der Waals surface area contributed by atoms with Gasteiger partial charge in [-0.1, -0.05) is 27.7 Å². The van der Waals surface area contributed by atoms with Gasteiger partial charge in [-0.05, 0) is 25.5 Å². The highest BCUT2D eigenvalue weighted by Gasteiger charge is 2.13. The molecule has 1 N–H and O–H groups in total. The fourth-order valence-corrected chi connectivity index (χ4v) is 1.68. The minimum atomic E-state index is -2.80. The minimum absolute atomic E-state index is 0.235. The number of aromatic amines is 1. The molecule has 5 heteroatoms. The van der Waals surface area contributed by atoms with E-state index in [9.17, 15) is 8.78 Å². The number of nitrogens with zero attached hydrogens (tertiary/aromatic N) is 1. The van der Waals surface area contributed by atoms with Crippen molar-refractivity contribution >= 4 is 10.9 Å². The summed E-state index contributed by atoms with van der Waals surface area (Å²) in [6, 6.07) is 1.74. The van der Waals surface area contributed by atoms with Crippen molar-refractivity contribution in [2.24, 2.45) is 0 Å². The standard InChI is InChI=1S/C10H10F2N2O.2C2H6/c1-5-3-8-7(4-13-14-8)6(2)9(5)15-10(11)12;2*1-2/h3-4,10H,1-2H3,(H,13,14);2*1-2H3. The van der Waals surface area contributed by atoms with Crippen molar-refractivity contribution in [2.45, 2.75) is 48.2 Å². The summed E-state index contributed by atoms with van der Waals surface area (Å²) in [4.78, 5) is 0. The smallest absolute Gasteiger partial charge is 0.387 e. The number of alkyl halides is 2. The van der Waals surface area contributed by atoms with Gasteiger partial charge in [0.1, 0.15) is 5.75 Å². The third kappa shape index (κ3) is 4.19. The predicted octanol–water partition coefficient (Wildman–Crippen LogP) is 4.83. The molecule has 0 amide bonds. The molecule has 0 aliphatic heterocycles. The molecule has 1 heterocycles. The maximum absolute atomic E-state index is 12.2. The van der Waals surface area contributed by atoms with E-state index in [4.69, 9.17) is 0 Å². The largest absolute Gasteiger partial charge is 0.434 e. The van der Waals surface area contributed by atoms with E-state index in [1.165, 1.54) is 0 Å². The van der Waals surface area contributed by atoms with Crippen LogP contribution >= 0.6 is 0 Å². The Kier molecular flexibility index (Phi) is 7.72. The zero-order chi connectivity index (χ0) is 15.0. The lowest BCUT2D eigenvalue weighted by Gasteiger charge is -2.11. The average molecular weight is 272 g/mol. The molecule has 0 spiro atoms. The number of hydrogen-bond donors (Lipinski definition) is 1. The van der Waals surface area contributed by atoms with E-state index in [0.717, 1.165) is 10.9 Å². The summed E-state index contributed by atoms with van der Waals surface area (Å²) in [6.07, 6.45) is 1.60. The molecule has 19 heavy (non-hydrogen) atoms. The van der Waals surface area contributed by atoms with Gasteiger partial charge >= 0.3 is 6.61 Å². The number of hydrogen-bond acceptors (Lipinski definition) is 2.